The number of carboxylic acids is 1. The summed E-state index contributed by atoms with van der Waals surface area (Å²) in [5.74, 6) is -0.807. The highest BCUT2D eigenvalue weighted by atomic mass is 32.1. The van der Waals surface area contributed by atoms with Crippen molar-refractivity contribution in [3.63, 3.8) is 0 Å². The van der Waals surface area contributed by atoms with Crippen molar-refractivity contribution in [1.82, 2.24) is 4.98 Å². The van der Waals surface area contributed by atoms with Gasteiger partial charge < -0.3 is 5.11 Å². The number of aryl methyl sites for hydroxylation is 1. The molecule has 3 aromatic rings. The number of hydrogen-bond acceptors (Lipinski definition) is 3. The first-order chi connectivity index (χ1) is 10.1. The molecule has 2 aromatic carbocycles. The highest BCUT2D eigenvalue weighted by molar-refractivity contribution is 7.11. The number of carbonyl (C=O) groups is 1. The maximum absolute atomic E-state index is 10.8. The minimum atomic E-state index is -0.807. The molecule has 106 valence electrons. The van der Waals surface area contributed by atoms with Gasteiger partial charge in [0.2, 0.25) is 0 Å². The van der Waals surface area contributed by atoms with Crippen LogP contribution in [0, 0.1) is 6.92 Å². The topological polar surface area (TPSA) is 50.2 Å². The standard InChI is InChI=1S/C17H15NO2S/c1-11-15(10-17(19)20)21-16(18-11)9-13-7-4-6-12-5-2-3-8-14(12)13/h2-8H,9-10H2,1H3,(H,19,20). The van der Waals surface area contributed by atoms with Crippen LogP contribution in [0.2, 0.25) is 0 Å². The predicted octanol–water partition coefficient (Wildman–Crippen LogP) is 3.82. The van der Waals surface area contributed by atoms with Gasteiger partial charge in [-0.15, -0.1) is 11.3 Å². The zero-order valence-corrected chi connectivity index (χ0v) is 12.5. The van der Waals surface area contributed by atoms with E-state index in [4.69, 9.17) is 5.11 Å². The van der Waals surface area contributed by atoms with Crippen molar-refractivity contribution in [3.05, 3.63) is 63.6 Å². The van der Waals surface area contributed by atoms with Crippen LogP contribution in [-0.2, 0) is 17.6 Å². The molecule has 1 heterocycles. The monoisotopic (exact) mass is 297 g/mol. The fourth-order valence-corrected chi connectivity index (χ4v) is 3.56. The van der Waals surface area contributed by atoms with E-state index in [1.165, 1.54) is 27.7 Å². The van der Waals surface area contributed by atoms with Crippen LogP contribution in [0.5, 0.6) is 0 Å². The lowest BCUT2D eigenvalue weighted by Gasteiger charge is -2.04. The van der Waals surface area contributed by atoms with Gasteiger partial charge in [0.1, 0.15) is 0 Å². The molecule has 3 rings (SSSR count). The SMILES string of the molecule is Cc1nc(Cc2cccc3ccccc23)sc1CC(=O)O. The molecule has 0 aliphatic carbocycles. The van der Waals surface area contributed by atoms with Gasteiger partial charge in [-0.25, -0.2) is 4.98 Å². The summed E-state index contributed by atoms with van der Waals surface area (Å²) in [6.07, 6.45) is 0.797. The fraction of sp³-hybridized carbons (Fsp3) is 0.176. The van der Waals surface area contributed by atoms with E-state index in [0.717, 1.165) is 22.0 Å². The average molecular weight is 297 g/mol. The van der Waals surface area contributed by atoms with Crippen molar-refractivity contribution < 1.29 is 9.90 Å². The molecule has 0 radical (unpaired) electrons. The summed E-state index contributed by atoms with van der Waals surface area (Å²) in [7, 11) is 0. The molecule has 21 heavy (non-hydrogen) atoms. The maximum Gasteiger partial charge on any atom is 0.308 e. The third-order valence-corrected chi connectivity index (χ3v) is 4.63. The molecule has 0 fully saturated rings. The molecule has 0 saturated heterocycles. The number of hydrogen-bond donors (Lipinski definition) is 1. The zero-order valence-electron chi connectivity index (χ0n) is 11.7. The van der Waals surface area contributed by atoms with Gasteiger partial charge in [-0.2, -0.15) is 0 Å². The first-order valence-electron chi connectivity index (χ1n) is 6.77. The summed E-state index contributed by atoms with van der Waals surface area (Å²) in [4.78, 5) is 16.2. The van der Waals surface area contributed by atoms with E-state index in [0.29, 0.717) is 0 Å². The first-order valence-corrected chi connectivity index (χ1v) is 7.59. The van der Waals surface area contributed by atoms with Gasteiger partial charge in [-0.3, -0.25) is 4.79 Å². The molecule has 0 aliphatic heterocycles. The van der Waals surface area contributed by atoms with Gasteiger partial charge in [-0.1, -0.05) is 42.5 Å². The van der Waals surface area contributed by atoms with E-state index in [1.54, 1.807) is 0 Å². The van der Waals surface area contributed by atoms with Crippen molar-refractivity contribution in [2.75, 3.05) is 0 Å². The Balaban J connectivity index is 1.94. The normalized spacial score (nSPS) is 10.9. The Kier molecular flexibility index (Phi) is 3.71. The largest absolute Gasteiger partial charge is 0.481 e. The second-order valence-corrected chi connectivity index (χ2v) is 6.17. The van der Waals surface area contributed by atoms with Crippen LogP contribution >= 0.6 is 11.3 Å². The third-order valence-electron chi connectivity index (χ3n) is 3.47. The Morgan fingerprint density at radius 3 is 2.76 bits per heavy atom. The van der Waals surface area contributed by atoms with E-state index >= 15 is 0 Å². The lowest BCUT2D eigenvalue weighted by Crippen LogP contribution is -1.99. The Morgan fingerprint density at radius 2 is 1.95 bits per heavy atom. The number of benzene rings is 2. The average Bonchev–Trinajstić information content (AvgIpc) is 2.78. The Bertz CT molecular complexity index is 802. The highest BCUT2D eigenvalue weighted by Gasteiger charge is 2.12. The minimum Gasteiger partial charge on any atom is -0.481 e. The summed E-state index contributed by atoms with van der Waals surface area (Å²) in [6, 6.07) is 14.5. The lowest BCUT2D eigenvalue weighted by molar-refractivity contribution is -0.136. The summed E-state index contributed by atoms with van der Waals surface area (Å²) in [6.45, 7) is 1.88. The summed E-state index contributed by atoms with van der Waals surface area (Å²) in [5.41, 5.74) is 2.06. The van der Waals surface area contributed by atoms with Crippen LogP contribution in [0.15, 0.2) is 42.5 Å². The van der Waals surface area contributed by atoms with E-state index in [-0.39, 0.29) is 6.42 Å². The van der Waals surface area contributed by atoms with Gasteiger partial charge >= 0.3 is 5.97 Å². The molecule has 0 amide bonds. The highest BCUT2D eigenvalue weighted by Crippen LogP contribution is 2.25. The smallest absolute Gasteiger partial charge is 0.308 e. The van der Waals surface area contributed by atoms with E-state index in [2.05, 4.69) is 35.3 Å². The van der Waals surface area contributed by atoms with Crippen molar-refractivity contribution >= 4 is 28.1 Å². The number of nitrogens with zero attached hydrogens (tertiary/aromatic N) is 1. The second-order valence-electron chi connectivity index (χ2n) is 5.00. The van der Waals surface area contributed by atoms with Crippen LogP contribution in [0.1, 0.15) is 21.1 Å². The van der Waals surface area contributed by atoms with Crippen LogP contribution in [0.4, 0.5) is 0 Å². The molecular weight excluding hydrogens is 282 g/mol. The zero-order chi connectivity index (χ0) is 14.8. The quantitative estimate of drug-likeness (QED) is 0.796. The van der Waals surface area contributed by atoms with E-state index < -0.39 is 5.97 Å². The number of aromatic nitrogens is 1. The van der Waals surface area contributed by atoms with Crippen LogP contribution in [0.25, 0.3) is 10.8 Å². The van der Waals surface area contributed by atoms with Crippen molar-refractivity contribution in [2.45, 2.75) is 19.8 Å². The van der Waals surface area contributed by atoms with Gasteiger partial charge in [0.15, 0.2) is 0 Å². The molecule has 0 saturated carbocycles. The number of fused-ring (bicyclic) bond motifs is 1. The minimum absolute atomic E-state index is 0.0546. The molecule has 1 N–H and O–H groups in total. The van der Waals surface area contributed by atoms with Crippen LogP contribution in [-0.4, -0.2) is 16.1 Å². The molecule has 1 aromatic heterocycles. The van der Waals surface area contributed by atoms with Gasteiger partial charge in [0.05, 0.1) is 17.1 Å². The van der Waals surface area contributed by atoms with Gasteiger partial charge in [-0.05, 0) is 23.3 Å². The molecular formula is C17H15NO2S. The maximum atomic E-state index is 10.8. The molecule has 0 atom stereocenters. The fourth-order valence-electron chi connectivity index (χ4n) is 2.47. The van der Waals surface area contributed by atoms with Crippen molar-refractivity contribution in [3.8, 4) is 0 Å². The number of aliphatic carboxylic acids is 1. The van der Waals surface area contributed by atoms with Gasteiger partial charge in [0.25, 0.3) is 0 Å². The lowest BCUT2D eigenvalue weighted by atomic mass is 10.0. The van der Waals surface area contributed by atoms with Crippen molar-refractivity contribution in [1.29, 1.82) is 0 Å². The molecule has 0 bridgehead atoms. The van der Waals surface area contributed by atoms with Crippen LogP contribution in [0.3, 0.4) is 0 Å². The Hall–Kier alpha value is -2.20. The van der Waals surface area contributed by atoms with E-state index in [9.17, 15) is 4.79 Å². The third kappa shape index (κ3) is 2.95. The number of carboxylic acid groups (broad SMARTS) is 1. The van der Waals surface area contributed by atoms with Crippen molar-refractivity contribution in [2.24, 2.45) is 0 Å². The predicted molar refractivity (Wildman–Crippen MR) is 84.9 cm³/mol. The molecule has 3 nitrogen and oxygen atoms in total. The molecule has 4 heteroatoms. The summed E-state index contributed by atoms with van der Waals surface area (Å²) < 4.78 is 0. The summed E-state index contributed by atoms with van der Waals surface area (Å²) >= 11 is 1.50. The van der Waals surface area contributed by atoms with E-state index in [1.807, 2.05) is 19.1 Å². The Morgan fingerprint density at radius 1 is 1.19 bits per heavy atom. The molecule has 0 aliphatic rings. The number of rotatable bonds is 4. The first kappa shape index (κ1) is 13.8. The molecule has 0 spiro atoms. The Labute approximate surface area is 126 Å². The molecule has 0 unspecified atom stereocenters. The summed E-state index contributed by atoms with van der Waals surface area (Å²) in [5, 5.41) is 12.3. The number of thiazole rings is 1. The second kappa shape index (κ2) is 5.66. The van der Waals surface area contributed by atoms with Crippen LogP contribution < -0.4 is 0 Å². The van der Waals surface area contributed by atoms with Gasteiger partial charge in [0, 0.05) is 11.3 Å².